The van der Waals surface area contributed by atoms with Crippen molar-refractivity contribution >= 4 is 41.8 Å². The van der Waals surface area contributed by atoms with Crippen LogP contribution in [0, 0.1) is 0 Å². The van der Waals surface area contributed by atoms with E-state index in [4.69, 9.17) is 47.4 Å². The minimum Gasteiger partial charge on any atom is -0.463 e. The van der Waals surface area contributed by atoms with Crippen LogP contribution >= 0.6 is 0 Å². The lowest BCUT2D eigenvalue weighted by Gasteiger charge is -2.45. The predicted molar refractivity (Wildman–Crippen MR) is 135 cm³/mol. The Kier molecular flexibility index (Phi) is 13.4. The first-order chi connectivity index (χ1) is 20.5. The van der Waals surface area contributed by atoms with Crippen LogP contribution in [-0.4, -0.2) is 122 Å². The highest BCUT2D eigenvalue weighted by Crippen LogP contribution is 2.32. The highest BCUT2D eigenvalue weighted by atomic mass is 16.7. The number of aliphatic hydroxyl groups is 1. The van der Waals surface area contributed by atoms with Gasteiger partial charge in [-0.05, 0) is 0 Å². The second-order valence-electron chi connectivity index (χ2n) is 9.69. The molecule has 18 heteroatoms. The highest BCUT2D eigenvalue weighted by Gasteiger charge is 2.55. The summed E-state index contributed by atoms with van der Waals surface area (Å²) in [6.07, 6.45) is -15.6. The number of esters is 7. The number of ether oxygens (including phenoxy) is 10. The predicted octanol–water partition coefficient (Wildman–Crippen LogP) is -1.40. The van der Waals surface area contributed by atoms with E-state index in [0.717, 1.165) is 48.5 Å². The van der Waals surface area contributed by atoms with Crippen LogP contribution in [0.25, 0.3) is 0 Å². The van der Waals surface area contributed by atoms with E-state index in [-0.39, 0.29) is 0 Å². The van der Waals surface area contributed by atoms with Crippen molar-refractivity contribution in [2.24, 2.45) is 0 Å². The van der Waals surface area contributed by atoms with Crippen molar-refractivity contribution in [2.75, 3.05) is 13.2 Å². The number of hydrogen-bond donors (Lipinski definition) is 1. The molecule has 0 aliphatic carbocycles. The van der Waals surface area contributed by atoms with Gasteiger partial charge in [0, 0.05) is 48.5 Å². The maximum Gasteiger partial charge on any atom is 0.303 e. The summed E-state index contributed by atoms with van der Waals surface area (Å²) in [5, 5.41) is 10.6. The Morgan fingerprint density at radius 2 is 0.841 bits per heavy atom. The Labute approximate surface area is 251 Å². The summed E-state index contributed by atoms with van der Waals surface area (Å²) in [7, 11) is 0. The van der Waals surface area contributed by atoms with Gasteiger partial charge in [0.2, 0.25) is 0 Å². The van der Waals surface area contributed by atoms with Gasteiger partial charge in [0.05, 0.1) is 6.61 Å². The SMILES string of the molecule is CC(=O)OC[C@H]1O[C@@H](OC[C@H]2O[C@@H](O)[C@H](OC(C)=O)[C@@H](OC(C)=O)[C@@H]2OC(C)=O)[C@H](OC(C)=O)[C@@H](OC(C)=O)[C@H]1OC(C)=O. The average Bonchev–Trinajstić information content (AvgIpc) is 2.87. The van der Waals surface area contributed by atoms with Crippen LogP contribution in [-0.2, 0) is 80.9 Å². The van der Waals surface area contributed by atoms with Crippen molar-refractivity contribution in [1.82, 2.24) is 0 Å². The van der Waals surface area contributed by atoms with Crippen molar-refractivity contribution in [3.63, 3.8) is 0 Å². The molecule has 2 rings (SSSR count). The Morgan fingerprint density at radius 3 is 1.27 bits per heavy atom. The average molecular weight is 637 g/mol. The van der Waals surface area contributed by atoms with Gasteiger partial charge < -0.3 is 52.5 Å². The fraction of sp³-hybridized carbons (Fsp3) is 0.731. The number of carbonyl (C=O) groups excluding carboxylic acids is 7. The van der Waals surface area contributed by atoms with Gasteiger partial charge in [0.15, 0.2) is 49.2 Å². The van der Waals surface area contributed by atoms with Crippen LogP contribution in [0.4, 0.5) is 0 Å². The van der Waals surface area contributed by atoms with Crippen LogP contribution in [0.5, 0.6) is 0 Å². The molecule has 10 atom stereocenters. The number of aliphatic hydroxyl groups excluding tert-OH is 1. The molecule has 0 aromatic carbocycles. The first-order valence-electron chi connectivity index (χ1n) is 13.3. The third kappa shape index (κ3) is 10.7. The normalized spacial score (nSPS) is 31.5. The molecule has 0 aromatic heterocycles. The minimum atomic E-state index is -1.90. The van der Waals surface area contributed by atoms with E-state index in [1.807, 2.05) is 0 Å². The standard InChI is InChI=1S/C26H36O18/c1-10(27)35-8-18-20(38-12(3)29)22(40-14(5)31)24(42-16(7)33)26(44-18)36-9-17-19(37-11(2)28)21(39-13(4)30)23(25(34)43-17)41-15(6)32/h17-26,34H,8-9H2,1-7H3/t17-,18-,19-,20+,21+,22+,23-,24-,25-,26-/m1/s1. The molecule has 2 aliphatic rings. The zero-order valence-electron chi connectivity index (χ0n) is 25.1. The summed E-state index contributed by atoms with van der Waals surface area (Å²) in [4.78, 5) is 83.0. The molecular weight excluding hydrogens is 600 g/mol. The maximum atomic E-state index is 12.1. The fourth-order valence-corrected chi connectivity index (χ4v) is 4.52. The van der Waals surface area contributed by atoms with Crippen LogP contribution < -0.4 is 0 Å². The lowest BCUT2D eigenvalue weighted by atomic mass is 9.97. The van der Waals surface area contributed by atoms with Crippen LogP contribution in [0.2, 0.25) is 0 Å². The molecule has 1 N–H and O–H groups in total. The third-order valence-corrected chi connectivity index (χ3v) is 5.89. The molecule has 0 bridgehead atoms. The number of carbonyl (C=O) groups is 7. The summed E-state index contributed by atoms with van der Waals surface area (Å²) in [6.45, 7) is 6.15. The molecule has 44 heavy (non-hydrogen) atoms. The summed E-state index contributed by atoms with van der Waals surface area (Å²) in [6, 6.07) is 0. The monoisotopic (exact) mass is 636 g/mol. The van der Waals surface area contributed by atoms with E-state index < -0.39 is 116 Å². The van der Waals surface area contributed by atoms with Gasteiger partial charge in [-0.2, -0.15) is 0 Å². The molecule has 0 saturated carbocycles. The van der Waals surface area contributed by atoms with Crippen molar-refractivity contribution in [3.8, 4) is 0 Å². The van der Waals surface area contributed by atoms with Crippen molar-refractivity contribution < 1.29 is 86.0 Å². The lowest BCUT2D eigenvalue weighted by molar-refractivity contribution is -0.330. The Morgan fingerprint density at radius 1 is 0.477 bits per heavy atom. The van der Waals surface area contributed by atoms with Gasteiger partial charge in [-0.3, -0.25) is 33.6 Å². The first kappa shape index (κ1) is 36.3. The zero-order chi connectivity index (χ0) is 33.3. The van der Waals surface area contributed by atoms with Crippen LogP contribution in [0.1, 0.15) is 48.5 Å². The molecular formula is C26H36O18. The minimum absolute atomic E-state index is 0.523. The largest absolute Gasteiger partial charge is 0.463 e. The third-order valence-electron chi connectivity index (χ3n) is 5.89. The molecule has 0 aromatic rings. The van der Waals surface area contributed by atoms with Gasteiger partial charge >= 0.3 is 41.8 Å². The summed E-state index contributed by atoms with van der Waals surface area (Å²) < 4.78 is 53.7. The summed E-state index contributed by atoms with van der Waals surface area (Å²) >= 11 is 0. The molecule has 2 fully saturated rings. The molecule has 0 amide bonds. The van der Waals surface area contributed by atoms with E-state index in [2.05, 4.69) is 0 Å². The molecule has 2 heterocycles. The number of rotatable bonds is 11. The van der Waals surface area contributed by atoms with Gasteiger partial charge in [-0.15, -0.1) is 0 Å². The molecule has 248 valence electrons. The quantitative estimate of drug-likeness (QED) is 0.203. The van der Waals surface area contributed by atoms with E-state index in [9.17, 15) is 38.7 Å². The topological polar surface area (TPSA) is 232 Å². The van der Waals surface area contributed by atoms with Crippen LogP contribution in [0.3, 0.4) is 0 Å². The Hall–Kier alpha value is -3.87. The Bertz CT molecular complexity index is 1090. The lowest BCUT2D eigenvalue weighted by Crippen LogP contribution is -2.64. The second-order valence-corrected chi connectivity index (χ2v) is 9.69. The highest BCUT2D eigenvalue weighted by molar-refractivity contribution is 5.69. The van der Waals surface area contributed by atoms with E-state index in [1.54, 1.807) is 0 Å². The first-order valence-corrected chi connectivity index (χ1v) is 13.3. The summed E-state index contributed by atoms with van der Waals surface area (Å²) in [5.74, 6) is -5.94. The van der Waals surface area contributed by atoms with Crippen LogP contribution in [0.15, 0.2) is 0 Å². The second kappa shape index (κ2) is 16.3. The zero-order valence-corrected chi connectivity index (χ0v) is 25.1. The Balaban J connectivity index is 2.48. The molecule has 0 unspecified atom stereocenters. The molecule has 18 nitrogen and oxygen atoms in total. The smallest absolute Gasteiger partial charge is 0.303 e. The fourth-order valence-electron chi connectivity index (χ4n) is 4.52. The van der Waals surface area contributed by atoms with Gasteiger partial charge in [0.25, 0.3) is 0 Å². The van der Waals surface area contributed by atoms with Crippen molar-refractivity contribution in [2.45, 2.75) is 110 Å². The molecule has 2 saturated heterocycles. The van der Waals surface area contributed by atoms with E-state index in [1.165, 1.54) is 0 Å². The van der Waals surface area contributed by atoms with Crippen molar-refractivity contribution in [1.29, 1.82) is 0 Å². The maximum absolute atomic E-state index is 12.1. The van der Waals surface area contributed by atoms with Crippen molar-refractivity contribution in [3.05, 3.63) is 0 Å². The van der Waals surface area contributed by atoms with E-state index >= 15 is 0 Å². The van der Waals surface area contributed by atoms with Gasteiger partial charge in [0.1, 0.15) is 18.8 Å². The van der Waals surface area contributed by atoms with E-state index in [0.29, 0.717) is 0 Å². The summed E-state index contributed by atoms with van der Waals surface area (Å²) in [5.41, 5.74) is 0. The van der Waals surface area contributed by atoms with Gasteiger partial charge in [-0.1, -0.05) is 0 Å². The molecule has 0 spiro atoms. The number of hydrogen-bond acceptors (Lipinski definition) is 18. The van der Waals surface area contributed by atoms with Gasteiger partial charge in [-0.25, -0.2) is 0 Å². The molecule has 2 aliphatic heterocycles. The molecule has 0 radical (unpaired) electrons.